The van der Waals surface area contributed by atoms with Gasteiger partial charge in [0.15, 0.2) is 0 Å². The summed E-state index contributed by atoms with van der Waals surface area (Å²) in [7, 11) is 0. The van der Waals surface area contributed by atoms with Gasteiger partial charge >= 0.3 is 5.97 Å². The highest BCUT2D eigenvalue weighted by molar-refractivity contribution is 5.83. The fraction of sp³-hybridized carbons (Fsp3) is 0.200. The lowest BCUT2D eigenvalue weighted by Gasteiger charge is -2.03. The van der Waals surface area contributed by atoms with Gasteiger partial charge in [0.05, 0.1) is 5.69 Å². The van der Waals surface area contributed by atoms with E-state index in [0.717, 1.165) is 29.7 Å². The Morgan fingerprint density at radius 3 is 2.96 bits per heavy atom. The highest BCUT2D eigenvalue weighted by Gasteiger charge is 2.08. The van der Waals surface area contributed by atoms with Crippen LogP contribution in [0.3, 0.4) is 0 Å². The molecular weight excluding hydrogens is 314 g/mol. The van der Waals surface area contributed by atoms with Crippen molar-refractivity contribution in [1.29, 1.82) is 0 Å². The number of carbonyl (C=O) groups excluding carboxylic acids is 1. The van der Waals surface area contributed by atoms with E-state index in [1.165, 1.54) is 10.9 Å². The number of pyridine rings is 1. The first kappa shape index (κ1) is 15.4. The van der Waals surface area contributed by atoms with E-state index in [2.05, 4.69) is 22.1 Å². The summed E-state index contributed by atoms with van der Waals surface area (Å²) in [4.78, 5) is 19.6. The second-order valence-corrected chi connectivity index (χ2v) is 6.07. The van der Waals surface area contributed by atoms with E-state index in [1.54, 1.807) is 0 Å². The van der Waals surface area contributed by atoms with E-state index in [9.17, 15) is 4.79 Å². The molecule has 4 aromatic rings. The van der Waals surface area contributed by atoms with Crippen molar-refractivity contribution in [3.8, 4) is 0 Å². The number of ether oxygens (including phenoxy) is 1. The summed E-state index contributed by atoms with van der Waals surface area (Å²) in [5.41, 5.74) is 3.99. The van der Waals surface area contributed by atoms with Gasteiger partial charge < -0.3 is 14.1 Å². The summed E-state index contributed by atoms with van der Waals surface area (Å²) >= 11 is 0. The molecule has 5 heteroatoms. The number of benzene rings is 1. The van der Waals surface area contributed by atoms with Gasteiger partial charge in [-0.15, -0.1) is 0 Å². The molecule has 0 unspecified atom stereocenters. The lowest BCUT2D eigenvalue weighted by molar-refractivity contribution is -0.145. The van der Waals surface area contributed by atoms with Crippen molar-refractivity contribution in [3.63, 3.8) is 0 Å². The van der Waals surface area contributed by atoms with Gasteiger partial charge in [0.1, 0.15) is 12.3 Å². The maximum atomic E-state index is 12.0. The quantitative estimate of drug-likeness (QED) is 0.545. The van der Waals surface area contributed by atoms with Crippen LogP contribution in [0.15, 0.2) is 61.1 Å². The van der Waals surface area contributed by atoms with Crippen molar-refractivity contribution < 1.29 is 9.53 Å². The van der Waals surface area contributed by atoms with Crippen molar-refractivity contribution in [1.82, 2.24) is 14.4 Å². The van der Waals surface area contributed by atoms with Crippen LogP contribution in [-0.2, 0) is 22.6 Å². The number of aromatic amines is 1. The minimum atomic E-state index is -0.183. The van der Waals surface area contributed by atoms with Crippen LogP contribution >= 0.6 is 0 Å². The summed E-state index contributed by atoms with van der Waals surface area (Å²) in [6, 6.07) is 14.0. The number of aromatic nitrogens is 3. The first-order chi connectivity index (χ1) is 12.3. The fourth-order valence-corrected chi connectivity index (χ4v) is 3.04. The lowest BCUT2D eigenvalue weighted by Crippen LogP contribution is -2.05. The molecule has 0 saturated heterocycles. The smallest absolute Gasteiger partial charge is 0.306 e. The minimum absolute atomic E-state index is 0.183. The third-order valence-electron chi connectivity index (χ3n) is 4.30. The van der Waals surface area contributed by atoms with Crippen LogP contribution in [0.2, 0.25) is 0 Å². The average molecular weight is 333 g/mol. The number of hydrogen-bond acceptors (Lipinski definition) is 3. The van der Waals surface area contributed by atoms with E-state index < -0.39 is 0 Å². The first-order valence-corrected chi connectivity index (χ1v) is 8.43. The Labute approximate surface area is 145 Å². The molecule has 0 aliphatic heterocycles. The Balaban J connectivity index is 1.27. The zero-order valence-electron chi connectivity index (χ0n) is 13.8. The van der Waals surface area contributed by atoms with E-state index in [4.69, 9.17) is 4.74 Å². The minimum Gasteiger partial charge on any atom is -0.459 e. The normalized spacial score (nSPS) is 11.2. The molecule has 25 heavy (non-hydrogen) atoms. The third-order valence-corrected chi connectivity index (χ3v) is 4.30. The highest BCUT2D eigenvalue weighted by Crippen LogP contribution is 2.19. The van der Waals surface area contributed by atoms with Crippen LogP contribution in [0.4, 0.5) is 0 Å². The molecule has 1 aromatic carbocycles. The number of nitrogens with one attached hydrogen (secondary N) is 1. The zero-order chi connectivity index (χ0) is 17.1. The van der Waals surface area contributed by atoms with Gasteiger partial charge in [-0.25, -0.2) is 4.98 Å². The predicted octanol–water partition coefficient (Wildman–Crippen LogP) is 3.88. The maximum Gasteiger partial charge on any atom is 0.306 e. The SMILES string of the molecule is O=C(CCCc1c[nH]c2ccccc12)OCc1cn2ccccc2n1. The summed E-state index contributed by atoms with van der Waals surface area (Å²) in [5, 5.41) is 1.22. The molecule has 4 rings (SSSR count). The Bertz CT molecular complexity index is 983. The number of nitrogens with zero attached hydrogens (tertiary/aromatic N) is 2. The number of carbonyl (C=O) groups is 1. The molecule has 3 aromatic heterocycles. The molecule has 5 nitrogen and oxygen atoms in total. The van der Waals surface area contributed by atoms with Gasteiger partial charge in [-0.05, 0) is 36.6 Å². The predicted molar refractivity (Wildman–Crippen MR) is 96.2 cm³/mol. The van der Waals surface area contributed by atoms with Gasteiger partial charge in [0.2, 0.25) is 0 Å². The van der Waals surface area contributed by atoms with Crippen molar-refractivity contribution in [2.75, 3.05) is 0 Å². The Kier molecular flexibility index (Phi) is 4.21. The first-order valence-electron chi connectivity index (χ1n) is 8.43. The maximum absolute atomic E-state index is 12.0. The van der Waals surface area contributed by atoms with Gasteiger partial charge in [-0.3, -0.25) is 4.79 Å². The van der Waals surface area contributed by atoms with Gasteiger partial charge in [0, 0.05) is 35.9 Å². The zero-order valence-corrected chi connectivity index (χ0v) is 13.8. The van der Waals surface area contributed by atoms with Crippen molar-refractivity contribution in [2.24, 2.45) is 0 Å². The Morgan fingerprint density at radius 1 is 1.16 bits per heavy atom. The van der Waals surface area contributed by atoms with E-state index in [1.807, 2.05) is 53.3 Å². The third kappa shape index (κ3) is 3.40. The number of fused-ring (bicyclic) bond motifs is 2. The number of H-pyrrole nitrogens is 1. The summed E-state index contributed by atoms with van der Waals surface area (Å²) in [6.07, 6.45) is 7.86. The molecule has 0 aliphatic rings. The van der Waals surface area contributed by atoms with Gasteiger partial charge in [-0.1, -0.05) is 24.3 Å². The van der Waals surface area contributed by atoms with Crippen LogP contribution < -0.4 is 0 Å². The van der Waals surface area contributed by atoms with E-state index in [0.29, 0.717) is 6.42 Å². The number of esters is 1. The molecule has 0 amide bonds. The van der Waals surface area contributed by atoms with Crippen LogP contribution in [0.1, 0.15) is 24.1 Å². The van der Waals surface area contributed by atoms with Crippen LogP contribution in [-0.4, -0.2) is 20.3 Å². The highest BCUT2D eigenvalue weighted by atomic mass is 16.5. The van der Waals surface area contributed by atoms with Gasteiger partial charge in [-0.2, -0.15) is 0 Å². The molecule has 0 radical (unpaired) electrons. The number of para-hydroxylation sites is 1. The molecule has 0 fully saturated rings. The number of imidazole rings is 1. The molecule has 0 bridgehead atoms. The molecule has 3 heterocycles. The lowest BCUT2D eigenvalue weighted by atomic mass is 10.1. The van der Waals surface area contributed by atoms with Crippen molar-refractivity contribution >= 4 is 22.5 Å². The van der Waals surface area contributed by atoms with Crippen molar-refractivity contribution in [3.05, 3.63) is 72.3 Å². The Hall–Kier alpha value is -3.08. The average Bonchev–Trinajstić information content (AvgIpc) is 3.24. The molecule has 0 saturated carbocycles. The van der Waals surface area contributed by atoms with Gasteiger partial charge in [0.25, 0.3) is 0 Å². The molecule has 1 N–H and O–H groups in total. The second kappa shape index (κ2) is 6.81. The van der Waals surface area contributed by atoms with Crippen LogP contribution in [0.5, 0.6) is 0 Å². The number of hydrogen-bond donors (Lipinski definition) is 1. The standard InChI is InChI=1S/C20H19N3O2/c24-20(25-14-16-13-23-11-4-3-9-19(23)22-16)10-5-6-15-12-21-18-8-2-1-7-17(15)18/h1-4,7-9,11-13,21H,5-6,10,14H2. The number of rotatable bonds is 6. The van der Waals surface area contributed by atoms with E-state index in [-0.39, 0.29) is 12.6 Å². The van der Waals surface area contributed by atoms with Crippen LogP contribution in [0.25, 0.3) is 16.6 Å². The Morgan fingerprint density at radius 2 is 2.04 bits per heavy atom. The summed E-state index contributed by atoms with van der Waals surface area (Å²) in [6.45, 7) is 0.216. The number of aryl methyl sites for hydroxylation is 1. The topological polar surface area (TPSA) is 59.4 Å². The fourth-order valence-electron chi connectivity index (χ4n) is 3.04. The molecular formula is C20H19N3O2. The monoisotopic (exact) mass is 333 g/mol. The summed E-state index contributed by atoms with van der Waals surface area (Å²) in [5.74, 6) is -0.183. The molecule has 0 aliphatic carbocycles. The summed E-state index contributed by atoms with van der Waals surface area (Å²) < 4.78 is 7.26. The van der Waals surface area contributed by atoms with E-state index >= 15 is 0 Å². The largest absolute Gasteiger partial charge is 0.459 e. The molecule has 0 atom stereocenters. The molecule has 126 valence electrons. The second-order valence-electron chi connectivity index (χ2n) is 6.07. The van der Waals surface area contributed by atoms with Crippen molar-refractivity contribution in [2.45, 2.75) is 25.9 Å². The molecule has 0 spiro atoms. The van der Waals surface area contributed by atoms with Crippen LogP contribution in [0, 0.1) is 0 Å².